The van der Waals surface area contributed by atoms with Crippen LogP contribution in [0.25, 0.3) is 11.3 Å². The number of piperidine rings is 1. The maximum atomic E-state index is 13.0. The molecule has 0 unspecified atom stereocenters. The van der Waals surface area contributed by atoms with Gasteiger partial charge in [0.2, 0.25) is 5.91 Å². The van der Waals surface area contributed by atoms with E-state index >= 15 is 0 Å². The number of benzene rings is 1. The van der Waals surface area contributed by atoms with Gasteiger partial charge >= 0.3 is 0 Å². The number of hydrogen-bond donors (Lipinski definition) is 1. The van der Waals surface area contributed by atoms with Crippen molar-refractivity contribution in [1.82, 2.24) is 10.2 Å². The van der Waals surface area contributed by atoms with Gasteiger partial charge in [-0.3, -0.25) is 9.59 Å². The highest BCUT2D eigenvalue weighted by Gasteiger charge is 2.28. The van der Waals surface area contributed by atoms with Crippen molar-refractivity contribution in [2.75, 3.05) is 19.6 Å². The van der Waals surface area contributed by atoms with Gasteiger partial charge in [-0.1, -0.05) is 0 Å². The molecule has 25 heavy (non-hydrogen) atoms. The molecule has 0 aliphatic carbocycles. The summed E-state index contributed by atoms with van der Waals surface area (Å²) in [6, 6.07) is 9.27. The number of nitrogens with one attached hydrogen (secondary N) is 1. The van der Waals surface area contributed by atoms with Gasteiger partial charge in [0.05, 0.1) is 0 Å². The Labute approximate surface area is 145 Å². The lowest BCUT2D eigenvalue weighted by molar-refractivity contribution is -0.126. The third-order valence-corrected chi connectivity index (χ3v) is 4.45. The Morgan fingerprint density at radius 1 is 1.16 bits per heavy atom. The number of carbonyl (C=O) groups is 2. The van der Waals surface area contributed by atoms with Gasteiger partial charge in [-0.2, -0.15) is 0 Å². The van der Waals surface area contributed by atoms with Crippen molar-refractivity contribution < 1.29 is 18.4 Å². The number of furan rings is 1. The second-order valence-corrected chi connectivity index (χ2v) is 6.13. The van der Waals surface area contributed by atoms with Crippen molar-refractivity contribution in [2.24, 2.45) is 5.92 Å². The summed E-state index contributed by atoms with van der Waals surface area (Å²) in [5, 5.41) is 2.83. The zero-order valence-corrected chi connectivity index (χ0v) is 14.1. The molecule has 6 heteroatoms. The Balaban J connectivity index is 1.63. The van der Waals surface area contributed by atoms with Crippen LogP contribution in [-0.2, 0) is 4.79 Å². The van der Waals surface area contributed by atoms with E-state index in [1.807, 2.05) is 6.92 Å². The minimum absolute atomic E-state index is 0.0321. The second-order valence-electron chi connectivity index (χ2n) is 6.13. The number of rotatable bonds is 4. The lowest BCUT2D eigenvalue weighted by Gasteiger charge is -2.30. The number of halogens is 1. The first-order valence-corrected chi connectivity index (χ1v) is 8.51. The Bertz CT molecular complexity index is 746. The largest absolute Gasteiger partial charge is 0.451 e. The standard InChI is InChI=1S/C19H21FN2O3/c1-2-21-18(23)14-9-11-22(12-10-14)19(24)17-8-7-16(25-17)13-3-5-15(20)6-4-13/h3-8,14H,2,9-12H2,1H3,(H,21,23). The summed E-state index contributed by atoms with van der Waals surface area (Å²) >= 11 is 0. The molecule has 2 amide bonds. The van der Waals surface area contributed by atoms with Crippen LogP contribution in [0, 0.1) is 11.7 Å². The fourth-order valence-electron chi connectivity index (χ4n) is 3.04. The summed E-state index contributed by atoms with van der Waals surface area (Å²) in [5.74, 6) is 0.321. The summed E-state index contributed by atoms with van der Waals surface area (Å²) in [4.78, 5) is 26.2. The molecule has 0 saturated carbocycles. The van der Waals surface area contributed by atoms with Crippen LogP contribution < -0.4 is 5.32 Å². The highest BCUT2D eigenvalue weighted by atomic mass is 19.1. The van der Waals surface area contributed by atoms with E-state index in [0.717, 1.165) is 5.56 Å². The Hall–Kier alpha value is -2.63. The molecule has 1 aromatic heterocycles. The highest BCUT2D eigenvalue weighted by molar-refractivity contribution is 5.92. The fourth-order valence-corrected chi connectivity index (χ4v) is 3.04. The highest BCUT2D eigenvalue weighted by Crippen LogP contribution is 2.25. The van der Waals surface area contributed by atoms with Gasteiger partial charge in [-0.05, 0) is 56.2 Å². The number of hydrogen-bond acceptors (Lipinski definition) is 3. The van der Waals surface area contributed by atoms with Crippen LogP contribution in [0.15, 0.2) is 40.8 Å². The second kappa shape index (κ2) is 7.51. The van der Waals surface area contributed by atoms with Crippen LogP contribution in [0.3, 0.4) is 0 Å². The number of nitrogens with zero attached hydrogens (tertiary/aromatic N) is 1. The van der Waals surface area contributed by atoms with Gasteiger partial charge in [-0.25, -0.2) is 4.39 Å². The van der Waals surface area contributed by atoms with Crippen molar-refractivity contribution in [3.8, 4) is 11.3 Å². The molecule has 1 fully saturated rings. The van der Waals surface area contributed by atoms with Gasteiger partial charge in [0.25, 0.3) is 5.91 Å². The number of amides is 2. The van der Waals surface area contributed by atoms with E-state index in [-0.39, 0.29) is 29.3 Å². The minimum atomic E-state index is -0.318. The van der Waals surface area contributed by atoms with Crippen molar-refractivity contribution in [2.45, 2.75) is 19.8 Å². The zero-order chi connectivity index (χ0) is 17.8. The predicted octanol–water partition coefficient (Wildman–Crippen LogP) is 3.07. The molecule has 132 valence electrons. The predicted molar refractivity (Wildman–Crippen MR) is 91.4 cm³/mol. The molecule has 2 aromatic rings. The summed E-state index contributed by atoms with van der Waals surface area (Å²) in [5.41, 5.74) is 0.718. The summed E-state index contributed by atoms with van der Waals surface area (Å²) in [6.07, 6.45) is 1.31. The van der Waals surface area contributed by atoms with E-state index in [1.54, 1.807) is 29.2 Å². The monoisotopic (exact) mass is 344 g/mol. The first-order valence-electron chi connectivity index (χ1n) is 8.51. The topological polar surface area (TPSA) is 62.6 Å². The molecule has 5 nitrogen and oxygen atoms in total. The maximum absolute atomic E-state index is 13.0. The van der Waals surface area contributed by atoms with Crippen LogP contribution in [-0.4, -0.2) is 36.3 Å². The minimum Gasteiger partial charge on any atom is -0.451 e. The van der Waals surface area contributed by atoms with Crippen LogP contribution in [0.5, 0.6) is 0 Å². The van der Waals surface area contributed by atoms with Crippen molar-refractivity contribution in [1.29, 1.82) is 0 Å². The van der Waals surface area contributed by atoms with E-state index in [9.17, 15) is 14.0 Å². The van der Waals surface area contributed by atoms with Gasteiger partial charge in [0.15, 0.2) is 5.76 Å². The van der Waals surface area contributed by atoms with Gasteiger partial charge < -0.3 is 14.6 Å². The molecular formula is C19H21FN2O3. The Morgan fingerprint density at radius 2 is 1.84 bits per heavy atom. The molecule has 0 bridgehead atoms. The quantitative estimate of drug-likeness (QED) is 0.927. The molecule has 1 aliphatic heterocycles. The molecular weight excluding hydrogens is 323 g/mol. The van der Waals surface area contributed by atoms with E-state index in [2.05, 4.69) is 5.32 Å². The zero-order valence-electron chi connectivity index (χ0n) is 14.1. The molecule has 1 N–H and O–H groups in total. The number of likely N-dealkylation sites (tertiary alicyclic amines) is 1. The Morgan fingerprint density at radius 3 is 2.48 bits per heavy atom. The van der Waals surface area contributed by atoms with Crippen molar-refractivity contribution in [3.05, 3.63) is 48.0 Å². The molecule has 2 heterocycles. The van der Waals surface area contributed by atoms with Crippen LogP contribution in [0.2, 0.25) is 0 Å². The first kappa shape index (κ1) is 17.2. The van der Waals surface area contributed by atoms with Crippen molar-refractivity contribution in [3.63, 3.8) is 0 Å². The maximum Gasteiger partial charge on any atom is 0.289 e. The average molecular weight is 344 g/mol. The average Bonchev–Trinajstić information content (AvgIpc) is 3.12. The number of carbonyl (C=O) groups excluding carboxylic acids is 2. The smallest absolute Gasteiger partial charge is 0.289 e. The molecule has 0 radical (unpaired) electrons. The van der Waals surface area contributed by atoms with E-state index in [4.69, 9.17) is 4.42 Å². The third kappa shape index (κ3) is 3.90. The normalized spacial score (nSPS) is 15.2. The van der Waals surface area contributed by atoms with E-state index in [1.165, 1.54) is 12.1 Å². The molecule has 1 saturated heterocycles. The van der Waals surface area contributed by atoms with Gasteiger partial charge in [0.1, 0.15) is 11.6 Å². The molecule has 3 rings (SSSR count). The molecule has 1 aromatic carbocycles. The molecule has 0 atom stereocenters. The van der Waals surface area contributed by atoms with Crippen molar-refractivity contribution >= 4 is 11.8 Å². The molecule has 0 spiro atoms. The van der Waals surface area contributed by atoms with Gasteiger partial charge in [-0.15, -0.1) is 0 Å². The summed E-state index contributed by atoms with van der Waals surface area (Å²) in [7, 11) is 0. The van der Waals surface area contributed by atoms with Crippen LogP contribution >= 0.6 is 0 Å². The lowest BCUT2D eigenvalue weighted by atomic mass is 9.96. The van der Waals surface area contributed by atoms with E-state index in [0.29, 0.717) is 38.2 Å². The SMILES string of the molecule is CCNC(=O)C1CCN(C(=O)c2ccc(-c3ccc(F)cc3)o2)CC1. The summed E-state index contributed by atoms with van der Waals surface area (Å²) < 4.78 is 18.6. The third-order valence-electron chi connectivity index (χ3n) is 4.45. The Kier molecular flexibility index (Phi) is 5.16. The lowest BCUT2D eigenvalue weighted by Crippen LogP contribution is -2.42. The van der Waals surface area contributed by atoms with Gasteiger partial charge in [0, 0.05) is 31.1 Å². The van der Waals surface area contributed by atoms with Crippen LogP contribution in [0.4, 0.5) is 4.39 Å². The first-order chi connectivity index (χ1) is 12.1. The van der Waals surface area contributed by atoms with E-state index < -0.39 is 0 Å². The molecule has 1 aliphatic rings. The summed E-state index contributed by atoms with van der Waals surface area (Å²) in [6.45, 7) is 3.59. The van der Waals surface area contributed by atoms with Crippen LogP contribution in [0.1, 0.15) is 30.3 Å². The fraction of sp³-hybridized carbons (Fsp3) is 0.368.